The van der Waals surface area contributed by atoms with Crippen LogP contribution >= 0.6 is 11.6 Å². The second kappa shape index (κ2) is 6.42. The maximum atomic E-state index is 12.0. The second-order valence-corrected chi connectivity index (χ2v) is 5.98. The third kappa shape index (κ3) is 3.25. The van der Waals surface area contributed by atoms with Gasteiger partial charge < -0.3 is 9.72 Å². The van der Waals surface area contributed by atoms with E-state index in [0.717, 1.165) is 22.0 Å². The molecule has 0 amide bonds. The molecule has 1 aliphatic rings. The molecule has 0 spiro atoms. The number of para-hydroxylation sites is 1. The van der Waals surface area contributed by atoms with E-state index in [1.165, 1.54) is 0 Å². The SMILES string of the molecule is O=C1OC(/C=C/c2ccc(Cl)cc2)=NC/1=C\c1c[nH]c2ccccc12. The zero-order valence-electron chi connectivity index (χ0n) is 13.1. The number of carbonyl (C=O) groups is 1. The van der Waals surface area contributed by atoms with Crippen molar-refractivity contribution in [2.24, 2.45) is 4.99 Å². The molecule has 1 N–H and O–H groups in total. The summed E-state index contributed by atoms with van der Waals surface area (Å²) in [5.74, 6) is -0.188. The van der Waals surface area contributed by atoms with E-state index >= 15 is 0 Å². The zero-order chi connectivity index (χ0) is 17.2. The van der Waals surface area contributed by atoms with Gasteiger partial charge in [0.05, 0.1) is 0 Å². The molecule has 4 rings (SSSR count). The molecule has 0 radical (unpaired) electrons. The summed E-state index contributed by atoms with van der Waals surface area (Å²) in [6, 6.07) is 15.2. The predicted octanol–water partition coefficient (Wildman–Crippen LogP) is 4.83. The molecule has 4 nitrogen and oxygen atoms in total. The van der Waals surface area contributed by atoms with Crippen molar-refractivity contribution in [1.82, 2.24) is 4.98 Å². The molecule has 0 aliphatic carbocycles. The van der Waals surface area contributed by atoms with Crippen LogP contribution in [0.2, 0.25) is 5.02 Å². The molecular weight excluding hydrogens is 336 g/mol. The van der Waals surface area contributed by atoms with Gasteiger partial charge in [0.25, 0.3) is 0 Å². The van der Waals surface area contributed by atoms with Crippen LogP contribution in [0.4, 0.5) is 0 Å². The molecule has 5 heteroatoms. The summed E-state index contributed by atoms with van der Waals surface area (Å²) in [6.07, 6.45) is 7.06. The van der Waals surface area contributed by atoms with E-state index in [1.807, 2.05) is 48.7 Å². The molecule has 3 aromatic rings. The lowest BCUT2D eigenvalue weighted by Gasteiger charge is -1.94. The molecule has 2 heterocycles. The largest absolute Gasteiger partial charge is 0.403 e. The number of nitrogens with one attached hydrogen (secondary N) is 1. The molecule has 1 aromatic heterocycles. The average molecular weight is 349 g/mol. The number of cyclic esters (lactones) is 1. The first-order valence-corrected chi connectivity index (χ1v) is 8.09. The van der Waals surface area contributed by atoms with E-state index in [0.29, 0.717) is 5.02 Å². The summed E-state index contributed by atoms with van der Waals surface area (Å²) in [6.45, 7) is 0. The van der Waals surface area contributed by atoms with Crippen molar-refractivity contribution in [2.75, 3.05) is 0 Å². The minimum absolute atomic E-state index is 0.269. The summed E-state index contributed by atoms with van der Waals surface area (Å²) in [7, 11) is 0. The monoisotopic (exact) mass is 348 g/mol. The lowest BCUT2D eigenvalue weighted by Crippen LogP contribution is -2.01. The van der Waals surface area contributed by atoms with Gasteiger partial charge in [0.15, 0.2) is 5.70 Å². The lowest BCUT2D eigenvalue weighted by atomic mass is 10.1. The molecule has 0 unspecified atom stereocenters. The van der Waals surface area contributed by atoms with Crippen molar-refractivity contribution in [3.05, 3.63) is 82.7 Å². The minimum atomic E-state index is -0.457. The number of aliphatic imine (C=N–C) groups is 1. The third-order valence-corrected chi connectivity index (χ3v) is 4.09. The fraction of sp³-hybridized carbons (Fsp3) is 0. The highest BCUT2D eigenvalue weighted by atomic mass is 35.5. The molecule has 1 aliphatic heterocycles. The van der Waals surface area contributed by atoms with Gasteiger partial charge in [-0.1, -0.05) is 41.9 Å². The smallest absolute Gasteiger partial charge is 0.363 e. The van der Waals surface area contributed by atoms with Crippen LogP contribution in [0.25, 0.3) is 23.1 Å². The molecule has 0 saturated carbocycles. The van der Waals surface area contributed by atoms with E-state index < -0.39 is 5.97 Å². The van der Waals surface area contributed by atoms with Crippen molar-refractivity contribution in [2.45, 2.75) is 0 Å². The first-order valence-electron chi connectivity index (χ1n) is 7.71. The molecule has 25 heavy (non-hydrogen) atoms. The molecule has 0 atom stereocenters. The van der Waals surface area contributed by atoms with Crippen LogP contribution in [0.15, 0.2) is 71.5 Å². The normalized spacial score (nSPS) is 16.0. The maximum absolute atomic E-state index is 12.0. The summed E-state index contributed by atoms with van der Waals surface area (Å²) in [4.78, 5) is 19.5. The Bertz CT molecular complexity index is 1040. The van der Waals surface area contributed by atoms with E-state index in [-0.39, 0.29) is 11.6 Å². The number of nitrogens with zero attached hydrogens (tertiary/aromatic N) is 1. The number of aromatic nitrogens is 1. The number of hydrogen-bond donors (Lipinski definition) is 1. The molecule has 0 saturated heterocycles. The summed E-state index contributed by atoms with van der Waals surface area (Å²) in [5.41, 5.74) is 3.12. The van der Waals surface area contributed by atoms with Crippen LogP contribution in [-0.4, -0.2) is 16.9 Å². The molecule has 2 aromatic carbocycles. The van der Waals surface area contributed by atoms with Crippen LogP contribution in [0.3, 0.4) is 0 Å². The number of carbonyl (C=O) groups excluding carboxylic acids is 1. The van der Waals surface area contributed by atoms with Crippen LogP contribution in [0.1, 0.15) is 11.1 Å². The fourth-order valence-corrected chi connectivity index (χ4v) is 2.72. The number of esters is 1. The van der Waals surface area contributed by atoms with Crippen molar-refractivity contribution >= 4 is 46.5 Å². The Labute approximate surface area is 149 Å². The van der Waals surface area contributed by atoms with Crippen molar-refractivity contribution < 1.29 is 9.53 Å². The Morgan fingerprint density at radius 1 is 1.04 bits per heavy atom. The quantitative estimate of drug-likeness (QED) is 0.544. The number of aromatic amines is 1. The standard InChI is InChI=1S/C20H13ClN2O2/c21-15-8-5-13(6-9-15)7-10-19-23-18(20(24)25-19)11-14-12-22-17-4-2-1-3-16(14)17/h1-12,22H/b10-7+,18-11-. The Balaban J connectivity index is 1.60. The Morgan fingerprint density at radius 3 is 2.68 bits per heavy atom. The molecule has 122 valence electrons. The van der Waals surface area contributed by atoms with E-state index in [1.54, 1.807) is 24.3 Å². The molecule has 0 fully saturated rings. The van der Waals surface area contributed by atoms with Gasteiger partial charge in [-0.2, -0.15) is 0 Å². The third-order valence-electron chi connectivity index (χ3n) is 3.84. The molecular formula is C20H13ClN2O2. The molecule has 0 bridgehead atoms. The summed E-state index contributed by atoms with van der Waals surface area (Å²) < 4.78 is 5.20. The number of H-pyrrole nitrogens is 1. The Hall–Kier alpha value is -3.11. The van der Waals surface area contributed by atoms with Crippen LogP contribution in [0.5, 0.6) is 0 Å². The highest BCUT2D eigenvalue weighted by Gasteiger charge is 2.21. The predicted molar refractivity (Wildman–Crippen MR) is 100 cm³/mol. The highest BCUT2D eigenvalue weighted by Crippen LogP contribution is 2.23. The van der Waals surface area contributed by atoms with Gasteiger partial charge >= 0.3 is 5.97 Å². The average Bonchev–Trinajstić information content (AvgIpc) is 3.19. The number of halogens is 1. The van der Waals surface area contributed by atoms with E-state index in [2.05, 4.69) is 9.98 Å². The van der Waals surface area contributed by atoms with Gasteiger partial charge in [0.1, 0.15) is 0 Å². The zero-order valence-corrected chi connectivity index (χ0v) is 13.8. The number of benzene rings is 2. The van der Waals surface area contributed by atoms with Crippen LogP contribution in [-0.2, 0) is 9.53 Å². The minimum Gasteiger partial charge on any atom is -0.403 e. The topological polar surface area (TPSA) is 54.4 Å². The van der Waals surface area contributed by atoms with Crippen LogP contribution in [0, 0.1) is 0 Å². The van der Waals surface area contributed by atoms with Crippen molar-refractivity contribution in [3.8, 4) is 0 Å². The number of hydrogen-bond acceptors (Lipinski definition) is 3. The number of ether oxygens (including phenoxy) is 1. The summed E-state index contributed by atoms with van der Waals surface area (Å²) in [5, 5.41) is 1.70. The van der Waals surface area contributed by atoms with E-state index in [9.17, 15) is 4.79 Å². The Morgan fingerprint density at radius 2 is 1.84 bits per heavy atom. The van der Waals surface area contributed by atoms with E-state index in [4.69, 9.17) is 16.3 Å². The van der Waals surface area contributed by atoms with Crippen molar-refractivity contribution in [1.29, 1.82) is 0 Å². The number of rotatable bonds is 3. The fourth-order valence-electron chi connectivity index (χ4n) is 2.60. The van der Waals surface area contributed by atoms with Crippen LogP contribution < -0.4 is 0 Å². The van der Waals surface area contributed by atoms with Crippen molar-refractivity contribution in [3.63, 3.8) is 0 Å². The first kappa shape index (κ1) is 15.4. The second-order valence-electron chi connectivity index (χ2n) is 5.54. The number of fused-ring (bicyclic) bond motifs is 1. The lowest BCUT2D eigenvalue weighted by molar-refractivity contribution is -0.129. The van der Waals surface area contributed by atoms with Gasteiger partial charge in [0, 0.05) is 33.8 Å². The van der Waals surface area contributed by atoms with Gasteiger partial charge in [-0.05, 0) is 35.9 Å². The highest BCUT2D eigenvalue weighted by molar-refractivity contribution is 6.30. The Kier molecular flexibility index (Phi) is 3.96. The van der Waals surface area contributed by atoms with Gasteiger partial charge in [0.2, 0.25) is 5.90 Å². The summed E-state index contributed by atoms with van der Waals surface area (Å²) >= 11 is 5.86. The van der Waals surface area contributed by atoms with Gasteiger partial charge in [-0.25, -0.2) is 9.79 Å². The first-order chi connectivity index (χ1) is 12.2. The maximum Gasteiger partial charge on any atom is 0.363 e. The van der Waals surface area contributed by atoms with Gasteiger partial charge in [-0.15, -0.1) is 0 Å². The van der Waals surface area contributed by atoms with Gasteiger partial charge in [-0.3, -0.25) is 0 Å².